The van der Waals surface area contributed by atoms with E-state index in [0.29, 0.717) is 24.4 Å². The predicted octanol–water partition coefficient (Wildman–Crippen LogP) is 3.53. The van der Waals surface area contributed by atoms with E-state index < -0.39 is 6.10 Å². The molecule has 0 aromatic heterocycles. The first-order valence-corrected chi connectivity index (χ1v) is 8.48. The lowest BCUT2D eigenvalue weighted by atomic mass is 10.2. The van der Waals surface area contributed by atoms with Crippen molar-refractivity contribution in [2.24, 2.45) is 0 Å². The standard InChI is InChI=1S/C20H22N2O3/c1-14-9-11-16(12-10-14)25-15(2)20(24)21-17-6-3-4-7-18(17)22-13-5-8-19(22)23/h3-4,6-7,9-12,15H,5,8,13H2,1-2H3,(H,21,24)/t15-/m1/s1. The van der Waals surface area contributed by atoms with Crippen molar-refractivity contribution in [3.63, 3.8) is 0 Å². The molecule has 2 aromatic carbocycles. The Hall–Kier alpha value is -2.82. The summed E-state index contributed by atoms with van der Waals surface area (Å²) in [4.78, 5) is 26.2. The third-order valence-corrected chi connectivity index (χ3v) is 4.23. The van der Waals surface area contributed by atoms with E-state index in [0.717, 1.165) is 17.7 Å². The van der Waals surface area contributed by atoms with Gasteiger partial charge in [0.25, 0.3) is 5.91 Å². The summed E-state index contributed by atoms with van der Waals surface area (Å²) in [6.45, 7) is 4.39. The summed E-state index contributed by atoms with van der Waals surface area (Å²) in [5.41, 5.74) is 2.50. The van der Waals surface area contributed by atoms with Crippen molar-refractivity contribution in [1.82, 2.24) is 0 Å². The second kappa shape index (κ2) is 7.38. The van der Waals surface area contributed by atoms with Gasteiger partial charge in [0, 0.05) is 13.0 Å². The van der Waals surface area contributed by atoms with E-state index in [-0.39, 0.29) is 11.8 Å². The highest BCUT2D eigenvalue weighted by Crippen LogP contribution is 2.29. The second-order valence-electron chi connectivity index (χ2n) is 6.23. The van der Waals surface area contributed by atoms with Gasteiger partial charge in [0.05, 0.1) is 11.4 Å². The number of rotatable bonds is 5. The highest BCUT2D eigenvalue weighted by molar-refractivity contribution is 6.03. The Morgan fingerprint density at radius 1 is 1.16 bits per heavy atom. The summed E-state index contributed by atoms with van der Waals surface area (Å²) in [7, 11) is 0. The number of anilines is 2. The average molecular weight is 338 g/mol. The van der Waals surface area contributed by atoms with Gasteiger partial charge in [-0.3, -0.25) is 9.59 Å². The normalized spacial score (nSPS) is 15.1. The highest BCUT2D eigenvalue weighted by Gasteiger charge is 2.25. The molecule has 1 fully saturated rings. The number of para-hydroxylation sites is 2. The highest BCUT2D eigenvalue weighted by atomic mass is 16.5. The fourth-order valence-corrected chi connectivity index (χ4v) is 2.83. The Morgan fingerprint density at radius 2 is 1.88 bits per heavy atom. The van der Waals surface area contributed by atoms with Crippen molar-refractivity contribution < 1.29 is 14.3 Å². The largest absolute Gasteiger partial charge is 0.481 e. The second-order valence-corrected chi connectivity index (χ2v) is 6.23. The molecule has 0 aliphatic carbocycles. The van der Waals surface area contributed by atoms with Gasteiger partial charge in [0.2, 0.25) is 5.91 Å². The van der Waals surface area contributed by atoms with Crippen LogP contribution in [0, 0.1) is 6.92 Å². The molecule has 0 radical (unpaired) electrons. The number of aryl methyl sites for hydroxylation is 1. The van der Waals surface area contributed by atoms with Crippen LogP contribution in [0.2, 0.25) is 0 Å². The topological polar surface area (TPSA) is 58.6 Å². The molecule has 1 heterocycles. The summed E-state index contributed by atoms with van der Waals surface area (Å²) in [6, 6.07) is 14.9. The molecule has 3 rings (SSSR count). The van der Waals surface area contributed by atoms with Crippen LogP contribution in [0.1, 0.15) is 25.3 Å². The number of amides is 2. The van der Waals surface area contributed by atoms with Crippen molar-refractivity contribution in [2.45, 2.75) is 32.8 Å². The number of nitrogens with one attached hydrogen (secondary N) is 1. The van der Waals surface area contributed by atoms with Crippen LogP contribution < -0.4 is 15.0 Å². The Bertz CT molecular complexity index is 771. The Kier molecular flexibility index (Phi) is 5.03. The number of benzene rings is 2. The van der Waals surface area contributed by atoms with Crippen molar-refractivity contribution in [1.29, 1.82) is 0 Å². The Balaban J connectivity index is 1.70. The first-order valence-electron chi connectivity index (χ1n) is 8.48. The molecule has 2 amide bonds. The van der Waals surface area contributed by atoms with Crippen LogP contribution in [0.15, 0.2) is 48.5 Å². The maximum absolute atomic E-state index is 12.5. The molecular weight excluding hydrogens is 316 g/mol. The minimum atomic E-state index is -0.648. The first-order chi connectivity index (χ1) is 12.0. The monoisotopic (exact) mass is 338 g/mol. The maximum Gasteiger partial charge on any atom is 0.265 e. The summed E-state index contributed by atoms with van der Waals surface area (Å²) in [5, 5.41) is 2.88. The fraction of sp³-hybridized carbons (Fsp3) is 0.300. The number of hydrogen-bond donors (Lipinski definition) is 1. The molecule has 1 atom stereocenters. The summed E-state index contributed by atoms with van der Waals surface area (Å²) >= 11 is 0. The van der Waals surface area contributed by atoms with Gasteiger partial charge in [-0.25, -0.2) is 0 Å². The smallest absolute Gasteiger partial charge is 0.265 e. The third-order valence-electron chi connectivity index (χ3n) is 4.23. The van der Waals surface area contributed by atoms with Gasteiger partial charge in [-0.1, -0.05) is 29.8 Å². The van der Waals surface area contributed by atoms with E-state index >= 15 is 0 Å². The number of carbonyl (C=O) groups excluding carboxylic acids is 2. The van der Waals surface area contributed by atoms with Gasteiger partial charge >= 0.3 is 0 Å². The van der Waals surface area contributed by atoms with Crippen LogP contribution in [-0.2, 0) is 9.59 Å². The number of nitrogens with zero attached hydrogens (tertiary/aromatic N) is 1. The minimum Gasteiger partial charge on any atom is -0.481 e. The van der Waals surface area contributed by atoms with E-state index in [4.69, 9.17) is 4.74 Å². The van der Waals surface area contributed by atoms with Crippen molar-refractivity contribution in [3.05, 3.63) is 54.1 Å². The molecule has 130 valence electrons. The third kappa shape index (κ3) is 3.99. The molecule has 2 aromatic rings. The molecular formula is C20H22N2O3. The van der Waals surface area contributed by atoms with E-state index in [2.05, 4.69) is 5.32 Å². The van der Waals surface area contributed by atoms with Crippen molar-refractivity contribution in [2.75, 3.05) is 16.8 Å². The Morgan fingerprint density at radius 3 is 2.56 bits per heavy atom. The molecule has 1 aliphatic heterocycles. The predicted molar refractivity (Wildman–Crippen MR) is 97.9 cm³/mol. The van der Waals surface area contributed by atoms with Crippen LogP contribution >= 0.6 is 0 Å². The van der Waals surface area contributed by atoms with Crippen LogP contribution in [0.25, 0.3) is 0 Å². The summed E-state index contributed by atoms with van der Waals surface area (Å²) < 4.78 is 5.70. The molecule has 0 spiro atoms. The average Bonchev–Trinajstić information content (AvgIpc) is 3.03. The molecule has 1 aliphatic rings. The van der Waals surface area contributed by atoms with Gasteiger partial charge in [-0.15, -0.1) is 0 Å². The zero-order chi connectivity index (χ0) is 17.8. The molecule has 0 bridgehead atoms. The van der Waals surface area contributed by atoms with Crippen LogP contribution in [0.5, 0.6) is 5.75 Å². The van der Waals surface area contributed by atoms with E-state index in [1.165, 1.54) is 0 Å². The molecule has 5 heteroatoms. The fourth-order valence-electron chi connectivity index (χ4n) is 2.83. The Labute approximate surface area is 147 Å². The lowest BCUT2D eigenvalue weighted by Gasteiger charge is -2.21. The maximum atomic E-state index is 12.5. The lowest BCUT2D eigenvalue weighted by Crippen LogP contribution is -2.31. The number of hydrogen-bond acceptors (Lipinski definition) is 3. The molecule has 1 N–H and O–H groups in total. The van der Waals surface area contributed by atoms with Crippen LogP contribution in [-0.4, -0.2) is 24.5 Å². The van der Waals surface area contributed by atoms with Gasteiger partial charge in [0.15, 0.2) is 6.10 Å². The molecule has 0 unspecified atom stereocenters. The van der Waals surface area contributed by atoms with Crippen LogP contribution in [0.3, 0.4) is 0 Å². The van der Waals surface area contributed by atoms with E-state index in [9.17, 15) is 9.59 Å². The van der Waals surface area contributed by atoms with E-state index in [1.54, 1.807) is 17.9 Å². The van der Waals surface area contributed by atoms with Gasteiger partial charge in [-0.2, -0.15) is 0 Å². The lowest BCUT2D eigenvalue weighted by molar-refractivity contribution is -0.122. The first kappa shape index (κ1) is 17.0. The van der Waals surface area contributed by atoms with Crippen LogP contribution in [0.4, 0.5) is 11.4 Å². The van der Waals surface area contributed by atoms with E-state index in [1.807, 2.05) is 49.4 Å². The van der Waals surface area contributed by atoms with Gasteiger partial charge in [-0.05, 0) is 44.5 Å². The molecule has 1 saturated heterocycles. The van der Waals surface area contributed by atoms with Crippen molar-refractivity contribution in [3.8, 4) is 5.75 Å². The SMILES string of the molecule is Cc1ccc(O[C@H](C)C(=O)Nc2ccccc2N2CCCC2=O)cc1. The summed E-state index contributed by atoms with van der Waals surface area (Å²) in [5.74, 6) is 0.488. The zero-order valence-electron chi connectivity index (χ0n) is 14.5. The molecule has 0 saturated carbocycles. The van der Waals surface area contributed by atoms with Gasteiger partial charge < -0.3 is 15.0 Å². The molecule has 25 heavy (non-hydrogen) atoms. The summed E-state index contributed by atoms with van der Waals surface area (Å²) in [6.07, 6.45) is 0.744. The van der Waals surface area contributed by atoms with Gasteiger partial charge in [0.1, 0.15) is 5.75 Å². The quantitative estimate of drug-likeness (QED) is 0.907. The number of carbonyl (C=O) groups is 2. The number of ether oxygens (including phenoxy) is 1. The zero-order valence-corrected chi connectivity index (χ0v) is 14.5. The minimum absolute atomic E-state index is 0.0886. The van der Waals surface area contributed by atoms with Crippen molar-refractivity contribution >= 4 is 23.2 Å². The molecule has 5 nitrogen and oxygen atoms in total.